The van der Waals surface area contributed by atoms with Crippen molar-refractivity contribution < 1.29 is 8.42 Å². The smallest absolute Gasteiger partial charge is 0.245 e. The zero-order valence-electron chi connectivity index (χ0n) is 12.9. The zero-order chi connectivity index (χ0) is 16.4. The molecule has 1 fully saturated rings. The summed E-state index contributed by atoms with van der Waals surface area (Å²) in [6.45, 7) is 1.81. The van der Waals surface area contributed by atoms with Crippen LogP contribution in [0.4, 0.5) is 0 Å². The second-order valence-electron chi connectivity index (χ2n) is 5.73. The van der Waals surface area contributed by atoms with Crippen molar-refractivity contribution in [2.75, 3.05) is 26.7 Å². The van der Waals surface area contributed by atoms with E-state index in [-0.39, 0.29) is 16.0 Å². The average Bonchev–Trinajstić information content (AvgIpc) is 2.55. The fraction of sp³-hybridized carbons (Fsp3) is 0.294. The van der Waals surface area contributed by atoms with Crippen LogP contribution in [0.3, 0.4) is 0 Å². The van der Waals surface area contributed by atoms with Gasteiger partial charge in [-0.15, -0.1) is 0 Å². The van der Waals surface area contributed by atoms with Gasteiger partial charge in [0, 0.05) is 19.6 Å². The molecule has 0 aromatic heterocycles. The van der Waals surface area contributed by atoms with Crippen molar-refractivity contribution in [3.05, 3.63) is 65.2 Å². The molecule has 23 heavy (non-hydrogen) atoms. The standard InChI is InChI=1S/C17H19ClN2O2S/c1-19-11-12-20(16(13-19)14-7-3-2-4-8-14)23(21,22)17-10-6-5-9-15(17)18/h2-10,16H,11-13H2,1H3. The molecule has 1 atom stereocenters. The summed E-state index contributed by atoms with van der Waals surface area (Å²) in [4.78, 5) is 2.32. The summed E-state index contributed by atoms with van der Waals surface area (Å²) in [5.41, 5.74) is 0.995. The third-order valence-corrected chi connectivity index (χ3v) is 6.55. The molecule has 0 aliphatic carbocycles. The number of rotatable bonds is 3. The maximum absolute atomic E-state index is 13.1. The van der Waals surface area contributed by atoms with Crippen LogP contribution in [0.15, 0.2) is 59.5 Å². The molecule has 122 valence electrons. The highest BCUT2D eigenvalue weighted by atomic mass is 35.5. The molecule has 0 spiro atoms. The minimum absolute atomic E-state index is 0.173. The summed E-state index contributed by atoms with van der Waals surface area (Å²) >= 11 is 6.13. The van der Waals surface area contributed by atoms with Crippen molar-refractivity contribution >= 4 is 21.6 Å². The number of benzene rings is 2. The van der Waals surface area contributed by atoms with Gasteiger partial charge in [-0.1, -0.05) is 54.1 Å². The molecule has 1 aliphatic rings. The van der Waals surface area contributed by atoms with E-state index in [0.717, 1.165) is 5.56 Å². The lowest BCUT2D eigenvalue weighted by atomic mass is 10.1. The van der Waals surface area contributed by atoms with Crippen molar-refractivity contribution in [2.45, 2.75) is 10.9 Å². The summed E-state index contributed by atoms with van der Waals surface area (Å²) < 4.78 is 27.8. The number of sulfonamides is 1. The van der Waals surface area contributed by atoms with Crippen molar-refractivity contribution in [2.24, 2.45) is 0 Å². The van der Waals surface area contributed by atoms with Gasteiger partial charge >= 0.3 is 0 Å². The van der Waals surface area contributed by atoms with Gasteiger partial charge in [0.15, 0.2) is 0 Å². The molecule has 3 rings (SSSR count). The Morgan fingerprint density at radius 1 is 1.00 bits per heavy atom. The van der Waals surface area contributed by atoms with Gasteiger partial charge in [0.05, 0.1) is 11.1 Å². The van der Waals surface area contributed by atoms with Crippen LogP contribution in [0.5, 0.6) is 0 Å². The third kappa shape index (κ3) is 3.28. The highest BCUT2D eigenvalue weighted by Gasteiger charge is 2.36. The molecule has 0 radical (unpaired) electrons. The molecule has 0 saturated carbocycles. The minimum Gasteiger partial charge on any atom is -0.303 e. The van der Waals surface area contributed by atoms with Crippen molar-refractivity contribution in [1.82, 2.24) is 9.21 Å². The van der Waals surface area contributed by atoms with Crippen LogP contribution >= 0.6 is 11.6 Å². The SMILES string of the molecule is CN1CCN(S(=O)(=O)c2ccccc2Cl)C(c2ccccc2)C1. The van der Waals surface area contributed by atoms with Crippen molar-refractivity contribution in [1.29, 1.82) is 0 Å². The lowest BCUT2D eigenvalue weighted by Gasteiger charge is -2.39. The van der Waals surface area contributed by atoms with Crippen LogP contribution in [-0.4, -0.2) is 44.3 Å². The van der Waals surface area contributed by atoms with Crippen LogP contribution in [0, 0.1) is 0 Å². The van der Waals surface area contributed by atoms with E-state index in [1.807, 2.05) is 37.4 Å². The second kappa shape index (κ2) is 6.61. The third-order valence-electron chi connectivity index (χ3n) is 4.14. The molecule has 1 saturated heterocycles. The molecule has 6 heteroatoms. The molecule has 0 amide bonds. The van der Waals surface area contributed by atoms with Crippen molar-refractivity contribution in [3.8, 4) is 0 Å². The lowest BCUT2D eigenvalue weighted by Crippen LogP contribution is -2.49. The first-order valence-corrected chi connectivity index (χ1v) is 9.32. The van der Waals surface area contributed by atoms with Gasteiger partial charge in [-0.25, -0.2) is 8.42 Å². The van der Waals surface area contributed by atoms with E-state index in [2.05, 4.69) is 4.90 Å². The van der Waals surface area contributed by atoms with E-state index >= 15 is 0 Å². The molecule has 4 nitrogen and oxygen atoms in total. The highest BCUT2D eigenvalue weighted by molar-refractivity contribution is 7.89. The van der Waals surface area contributed by atoms with Gasteiger partial charge in [-0.3, -0.25) is 0 Å². The first kappa shape index (κ1) is 16.5. The molecule has 0 bridgehead atoms. The van der Waals surface area contributed by atoms with Gasteiger partial charge in [-0.2, -0.15) is 4.31 Å². The van der Waals surface area contributed by atoms with E-state index < -0.39 is 10.0 Å². The molecule has 1 heterocycles. The Hall–Kier alpha value is -1.40. The fourth-order valence-corrected chi connectivity index (χ4v) is 5.01. The predicted octanol–water partition coefficient (Wildman–Crippen LogP) is 3.02. The zero-order valence-corrected chi connectivity index (χ0v) is 14.5. The number of likely N-dealkylation sites (N-methyl/N-ethyl adjacent to an activating group) is 1. The van der Waals surface area contributed by atoms with Gasteiger partial charge in [0.1, 0.15) is 4.90 Å². The molecular weight excluding hydrogens is 332 g/mol. The number of nitrogens with zero attached hydrogens (tertiary/aromatic N) is 2. The minimum atomic E-state index is -3.64. The van der Waals surface area contributed by atoms with Crippen LogP contribution in [-0.2, 0) is 10.0 Å². The number of hydrogen-bond acceptors (Lipinski definition) is 3. The van der Waals surface area contributed by atoms with E-state index in [9.17, 15) is 8.42 Å². The Morgan fingerprint density at radius 3 is 2.35 bits per heavy atom. The van der Waals surface area contributed by atoms with Gasteiger partial charge < -0.3 is 4.90 Å². The quantitative estimate of drug-likeness (QED) is 0.854. The summed E-state index contributed by atoms with van der Waals surface area (Å²) in [6.07, 6.45) is 0. The number of hydrogen-bond donors (Lipinski definition) is 0. The summed E-state index contributed by atoms with van der Waals surface area (Å²) in [5.74, 6) is 0. The lowest BCUT2D eigenvalue weighted by molar-refractivity contribution is 0.161. The Kier molecular flexibility index (Phi) is 4.73. The van der Waals surface area contributed by atoms with E-state index in [1.165, 1.54) is 0 Å². The maximum atomic E-state index is 13.1. The monoisotopic (exact) mass is 350 g/mol. The van der Waals surface area contributed by atoms with E-state index in [1.54, 1.807) is 28.6 Å². The Labute approximate surface area is 142 Å². The topological polar surface area (TPSA) is 40.6 Å². The summed E-state index contributed by atoms with van der Waals surface area (Å²) in [7, 11) is -1.63. The average molecular weight is 351 g/mol. The Bertz CT molecular complexity index is 780. The Balaban J connectivity index is 2.03. The van der Waals surface area contributed by atoms with Gasteiger partial charge in [-0.05, 0) is 24.7 Å². The second-order valence-corrected chi connectivity index (χ2v) is 8.00. The first-order chi connectivity index (χ1) is 11.0. The van der Waals surface area contributed by atoms with Crippen molar-refractivity contribution in [3.63, 3.8) is 0 Å². The first-order valence-electron chi connectivity index (χ1n) is 7.50. The predicted molar refractivity (Wildman–Crippen MR) is 92.0 cm³/mol. The molecular formula is C17H19ClN2O2S. The number of piperazine rings is 1. The molecule has 1 aliphatic heterocycles. The molecule has 1 unspecified atom stereocenters. The summed E-state index contributed by atoms with van der Waals surface area (Å²) in [5, 5.41) is 0.262. The largest absolute Gasteiger partial charge is 0.303 e. The van der Waals surface area contributed by atoms with Crippen LogP contribution < -0.4 is 0 Å². The van der Waals surface area contributed by atoms with E-state index in [4.69, 9.17) is 11.6 Å². The van der Waals surface area contributed by atoms with Crippen LogP contribution in [0.1, 0.15) is 11.6 Å². The van der Waals surface area contributed by atoms with Crippen LogP contribution in [0.25, 0.3) is 0 Å². The molecule has 2 aromatic rings. The van der Waals surface area contributed by atoms with Gasteiger partial charge in [0.25, 0.3) is 0 Å². The van der Waals surface area contributed by atoms with Gasteiger partial charge in [0.2, 0.25) is 10.0 Å². The fourth-order valence-electron chi connectivity index (χ4n) is 2.92. The normalized spacial score (nSPS) is 20.5. The summed E-state index contributed by atoms with van der Waals surface area (Å²) in [6, 6.07) is 16.2. The van der Waals surface area contributed by atoms with Crippen LogP contribution in [0.2, 0.25) is 5.02 Å². The molecule has 0 N–H and O–H groups in total. The molecule has 2 aromatic carbocycles. The highest BCUT2D eigenvalue weighted by Crippen LogP contribution is 2.33. The number of halogens is 1. The Morgan fingerprint density at radius 2 is 1.65 bits per heavy atom. The maximum Gasteiger partial charge on any atom is 0.245 e. The van der Waals surface area contributed by atoms with E-state index in [0.29, 0.717) is 19.6 Å².